The van der Waals surface area contributed by atoms with E-state index in [0.29, 0.717) is 19.4 Å². The molecule has 0 bridgehead atoms. The van der Waals surface area contributed by atoms with Crippen LogP contribution in [-0.2, 0) is 10.2 Å². The minimum absolute atomic E-state index is 0.000102. The summed E-state index contributed by atoms with van der Waals surface area (Å²) in [4.78, 5) is 23.9. The fourth-order valence-electron chi connectivity index (χ4n) is 2.56. The van der Waals surface area contributed by atoms with E-state index in [4.69, 9.17) is 4.42 Å². The van der Waals surface area contributed by atoms with Gasteiger partial charge in [-0.3, -0.25) is 9.59 Å². The van der Waals surface area contributed by atoms with Gasteiger partial charge in [0.05, 0.1) is 6.26 Å². The molecule has 2 rings (SSSR count). The number of hydrogen-bond donors (Lipinski definition) is 2. The van der Waals surface area contributed by atoms with Crippen molar-refractivity contribution in [1.29, 1.82) is 0 Å². The molecule has 0 aliphatic rings. The van der Waals surface area contributed by atoms with Crippen LogP contribution in [0.4, 0.5) is 0 Å². The molecule has 2 aromatic rings. The highest BCUT2D eigenvalue weighted by Gasteiger charge is 2.28. The predicted molar refractivity (Wildman–Crippen MR) is 97.3 cm³/mol. The first-order chi connectivity index (χ1) is 11.9. The lowest BCUT2D eigenvalue weighted by Gasteiger charge is -2.33. The summed E-state index contributed by atoms with van der Waals surface area (Å²) in [5.74, 6) is 0.00965. The van der Waals surface area contributed by atoms with Crippen molar-refractivity contribution in [2.24, 2.45) is 0 Å². The maximum atomic E-state index is 12.2. The summed E-state index contributed by atoms with van der Waals surface area (Å²) < 4.78 is 5.01. The van der Waals surface area contributed by atoms with Gasteiger partial charge < -0.3 is 15.1 Å². The topological polar surface area (TPSA) is 71.3 Å². The molecular weight excluding hydrogens is 316 g/mol. The summed E-state index contributed by atoms with van der Waals surface area (Å²) in [6.45, 7) is 6.70. The van der Waals surface area contributed by atoms with E-state index in [1.807, 2.05) is 25.1 Å². The van der Waals surface area contributed by atoms with E-state index < -0.39 is 0 Å². The minimum Gasteiger partial charge on any atom is -0.459 e. The van der Waals surface area contributed by atoms with E-state index in [0.717, 1.165) is 0 Å². The average Bonchev–Trinajstić information content (AvgIpc) is 3.14. The molecule has 0 saturated heterocycles. The summed E-state index contributed by atoms with van der Waals surface area (Å²) in [6, 6.07) is 13.4. The van der Waals surface area contributed by atoms with Crippen molar-refractivity contribution in [2.45, 2.75) is 45.1 Å². The standard InChI is InChI=1S/C20H26N2O3/c1-15(20(2,3)16-9-5-4-6-10-16)22-18(23)12-7-13-21-19(24)17-11-8-14-25-17/h4-6,8-11,14-15H,7,12-13H2,1-3H3,(H,21,24)(H,22,23)/t15-/m0/s1. The molecule has 0 spiro atoms. The Labute approximate surface area is 148 Å². The van der Waals surface area contributed by atoms with Crippen LogP contribution in [0.15, 0.2) is 53.1 Å². The lowest BCUT2D eigenvalue weighted by atomic mass is 9.78. The van der Waals surface area contributed by atoms with Crippen LogP contribution in [0.5, 0.6) is 0 Å². The van der Waals surface area contributed by atoms with E-state index >= 15 is 0 Å². The van der Waals surface area contributed by atoms with Gasteiger partial charge in [0.25, 0.3) is 5.91 Å². The fourth-order valence-corrected chi connectivity index (χ4v) is 2.56. The van der Waals surface area contributed by atoms with Gasteiger partial charge in [0.1, 0.15) is 0 Å². The van der Waals surface area contributed by atoms with Crippen molar-refractivity contribution in [1.82, 2.24) is 10.6 Å². The van der Waals surface area contributed by atoms with Crippen LogP contribution in [0.2, 0.25) is 0 Å². The van der Waals surface area contributed by atoms with Crippen LogP contribution >= 0.6 is 0 Å². The van der Waals surface area contributed by atoms with Crippen LogP contribution in [0.3, 0.4) is 0 Å². The van der Waals surface area contributed by atoms with Gasteiger partial charge in [-0.2, -0.15) is 0 Å². The summed E-state index contributed by atoms with van der Waals surface area (Å²) in [5, 5.41) is 5.80. The third kappa shape index (κ3) is 5.21. The monoisotopic (exact) mass is 342 g/mol. The molecule has 2 amide bonds. The summed E-state index contributed by atoms with van der Waals surface area (Å²) in [6.07, 6.45) is 2.41. The lowest BCUT2D eigenvalue weighted by molar-refractivity contribution is -0.122. The highest BCUT2D eigenvalue weighted by molar-refractivity contribution is 5.91. The van der Waals surface area contributed by atoms with E-state index in [9.17, 15) is 9.59 Å². The molecule has 0 radical (unpaired) electrons. The maximum absolute atomic E-state index is 12.2. The molecular formula is C20H26N2O3. The smallest absolute Gasteiger partial charge is 0.286 e. The van der Waals surface area contributed by atoms with Crippen molar-refractivity contribution in [3.05, 3.63) is 60.1 Å². The Morgan fingerprint density at radius 3 is 2.48 bits per heavy atom. The van der Waals surface area contributed by atoms with Gasteiger partial charge in [-0.25, -0.2) is 0 Å². The van der Waals surface area contributed by atoms with Crippen LogP contribution in [-0.4, -0.2) is 24.4 Å². The van der Waals surface area contributed by atoms with Crippen LogP contribution in [0, 0.1) is 0 Å². The summed E-state index contributed by atoms with van der Waals surface area (Å²) in [5.41, 5.74) is 1.03. The Morgan fingerprint density at radius 2 is 1.84 bits per heavy atom. The first-order valence-electron chi connectivity index (χ1n) is 8.58. The highest BCUT2D eigenvalue weighted by Crippen LogP contribution is 2.26. The molecule has 5 heteroatoms. The number of carbonyl (C=O) groups is 2. The molecule has 0 fully saturated rings. The summed E-state index contributed by atoms with van der Waals surface area (Å²) >= 11 is 0. The molecule has 0 saturated carbocycles. The Morgan fingerprint density at radius 1 is 1.12 bits per heavy atom. The number of amides is 2. The normalized spacial score (nSPS) is 12.4. The van der Waals surface area contributed by atoms with Crippen molar-refractivity contribution in [2.75, 3.05) is 6.54 Å². The quantitative estimate of drug-likeness (QED) is 0.723. The van der Waals surface area contributed by atoms with Crippen LogP contribution < -0.4 is 10.6 Å². The molecule has 0 aliphatic carbocycles. The molecule has 2 N–H and O–H groups in total. The number of benzene rings is 1. The van der Waals surface area contributed by atoms with E-state index in [2.05, 4.69) is 36.6 Å². The van der Waals surface area contributed by atoms with Crippen molar-refractivity contribution in [3.63, 3.8) is 0 Å². The zero-order chi connectivity index (χ0) is 18.3. The van der Waals surface area contributed by atoms with Crippen molar-refractivity contribution < 1.29 is 14.0 Å². The van der Waals surface area contributed by atoms with E-state index in [1.54, 1.807) is 12.1 Å². The van der Waals surface area contributed by atoms with Crippen molar-refractivity contribution in [3.8, 4) is 0 Å². The molecule has 1 atom stereocenters. The molecule has 0 aliphatic heterocycles. The largest absolute Gasteiger partial charge is 0.459 e. The second kappa shape index (κ2) is 8.51. The maximum Gasteiger partial charge on any atom is 0.286 e. The predicted octanol–water partition coefficient (Wildman–Crippen LogP) is 3.27. The second-order valence-electron chi connectivity index (χ2n) is 6.71. The second-order valence-corrected chi connectivity index (χ2v) is 6.71. The Balaban J connectivity index is 1.73. The Kier molecular flexibility index (Phi) is 6.39. The number of furan rings is 1. The first kappa shape index (κ1) is 18.8. The van der Waals surface area contributed by atoms with Gasteiger partial charge in [0, 0.05) is 24.4 Å². The number of hydrogen-bond acceptors (Lipinski definition) is 3. The van der Waals surface area contributed by atoms with Gasteiger partial charge in [-0.15, -0.1) is 0 Å². The number of rotatable bonds is 8. The third-order valence-corrected chi connectivity index (χ3v) is 4.59. The zero-order valence-electron chi connectivity index (χ0n) is 15.0. The molecule has 5 nitrogen and oxygen atoms in total. The molecule has 0 unspecified atom stereocenters. The zero-order valence-corrected chi connectivity index (χ0v) is 15.0. The van der Waals surface area contributed by atoms with Crippen molar-refractivity contribution >= 4 is 11.8 Å². The van der Waals surface area contributed by atoms with E-state index in [-0.39, 0.29) is 29.0 Å². The number of nitrogens with one attached hydrogen (secondary N) is 2. The Bertz CT molecular complexity index is 678. The Hall–Kier alpha value is -2.56. The summed E-state index contributed by atoms with van der Waals surface area (Å²) in [7, 11) is 0. The van der Waals surface area contributed by atoms with Crippen LogP contribution in [0.25, 0.3) is 0 Å². The highest BCUT2D eigenvalue weighted by atomic mass is 16.3. The van der Waals surface area contributed by atoms with E-state index in [1.165, 1.54) is 11.8 Å². The molecule has 1 aromatic heterocycles. The van der Waals surface area contributed by atoms with Gasteiger partial charge >= 0.3 is 0 Å². The van der Waals surface area contributed by atoms with Gasteiger partial charge in [0.15, 0.2) is 5.76 Å². The SMILES string of the molecule is C[C@H](NC(=O)CCCNC(=O)c1ccco1)C(C)(C)c1ccccc1. The van der Waals surface area contributed by atoms with Gasteiger partial charge in [-0.05, 0) is 31.0 Å². The molecule has 1 aromatic carbocycles. The lowest BCUT2D eigenvalue weighted by Crippen LogP contribution is -2.45. The fraction of sp³-hybridized carbons (Fsp3) is 0.400. The first-order valence-corrected chi connectivity index (χ1v) is 8.58. The average molecular weight is 342 g/mol. The molecule has 134 valence electrons. The number of carbonyl (C=O) groups excluding carboxylic acids is 2. The third-order valence-electron chi connectivity index (χ3n) is 4.59. The van der Waals surface area contributed by atoms with Gasteiger partial charge in [-0.1, -0.05) is 44.2 Å². The molecule has 25 heavy (non-hydrogen) atoms. The van der Waals surface area contributed by atoms with Gasteiger partial charge in [0.2, 0.25) is 5.91 Å². The van der Waals surface area contributed by atoms with Crippen LogP contribution in [0.1, 0.15) is 49.7 Å². The molecule has 1 heterocycles. The minimum atomic E-state index is -0.260.